The molecule has 2 atom stereocenters. The van der Waals surface area contributed by atoms with Gasteiger partial charge < -0.3 is 25.4 Å². The smallest absolute Gasteiger partial charge is 0.418 e. The number of ether oxygens (including phenoxy) is 2. The lowest BCUT2D eigenvalue weighted by Crippen LogP contribution is -2.59. The Kier molecular flexibility index (Phi) is 7.43. The van der Waals surface area contributed by atoms with Gasteiger partial charge in [-0.3, -0.25) is 4.90 Å². The molecule has 2 saturated heterocycles. The van der Waals surface area contributed by atoms with Gasteiger partial charge in [0.05, 0.1) is 22.7 Å². The second-order valence-corrected chi connectivity index (χ2v) is 14.6. The van der Waals surface area contributed by atoms with E-state index in [4.69, 9.17) is 31.8 Å². The molecule has 2 aromatic heterocycles. The number of rotatable bonds is 7. The molecular formula is C33H37ClF5N7O2. The second kappa shape index (κ2) is 11.1. The number of benzene rings is 1. The van der Waals surface area contributed by atoms with E-state index in [1.807, 2.05) is 7.05 Å². The number of nitrogens with one attached hydrogen (secondary N) is 1. The average molecular weight is 694 g/mol. The summed E-state index contributed by atoms with van der Waals surface area (Å²) in [5.41, 5.74) is 1.97. The highest BCUT2D eigenvalue weighted by Crippen LogP contribution is 2.53. The molecule has 48 heavy (non-hydrogen) atoms. The molecule has 258 valence electrons. The Morgan fingerprint density at radius 1 is 1.10 bits per heavy atom. The second-order valence-electron chi connectivity index (χ2n) is 14.2. The van der Waals surface area contributed by atoms with Gasteiger partial charge in [0.25, 0.3) is 0 Å². The first-order valence-electron chi connectivity index (χ1n) is 16.6. The molecule has 5 heterocycles. The van der Waals surface area contributed by atoms with E-state index in [0.717, 1.165) is 63.6 Å². The molecule has 2 aliphatic carbocycles. The van der Waals surface area contributed by atoms with E-state index in [-0.39, 0.29) is 52.8 Å². The Labute approximate surface area is 279 Å². The monoisotopic (exact) mass is 693 g/mol. The van der Waals surface area contributed by atoms with Crippen LogP contribution >= 0.6 is 11.6 Å². The Balaban J connectivity index is 1.33. The van der Waals surface area contributed by atoms with Gasteiger partial charge >= 0.3 is 12.2 Å². The molecule has 9 nitrogen and oxygen atoms in total. The summed E-state index contributed by atoms with van der Waals surface area (Å²) in [4.78, 5) is 18.0. The SMILES string of the molecule is CNC1(CN2c3nc(OC[C@@]45CCCN4C[C@H](F)C5)nc4c(F)c(-c5cc(N)cc(Cl)c5C(F)(F)F)nc(c34)OCCC23CC3)CCC1. The van der Waals surface area contributed by atoms with Crippen LogP contribution in [0.2, 0.25) is 5.02 Å². The zero-order valence-electron chi connectivity index (χ0n) is 26.5. The van der Waals surface area contributed by atoms with Crippen LogP contribution in [0.3, 0.4) is 0 Å². The Morgan fingerprint density at radius 2 is 1.90 bits per heavy atom. The van der Waals surface area contributed by atoms with Crippen LogP contribution in [0.1, 0.15) is 63.4 Å². The van der Waals surface area contributed by atoms with Crippen molar-refractivity contribution in [1.82, 2.24) is 25.2 Å². The normalized spacial score (nSPS) is 25.8. The molecule has 2 saturated carbocycles. The van der Waals surface area contributed by atoms with Gasteiger partial charge in [0.15, 0.2) is 5.82 Å². The number of nitrogens with zero attached hydrogens (tertiary/aromatic N) is 5. The number of alkyl halides is 4. The Hall–Kier alpha value is -3.23. The molecule has 4 fully saturated rings. The number of aromatic nitrogens is 3. The minimum atomic E-state index is -4.94. The standard InChI is InChI=1S/C33H37ClF5N7O2/c1-41-30(4-2-5-30)16-46-27-22-26(43-29(44-27)48-17-32-6-3-10-45(32)15-18(35)14-32)24(36)25(42-28(22)47-11-9-31(46)7-8-31)20-12-19(40)13-21(34)23(20)33(37,38)39/h12-13,18,41H,2-11,14-17,40H2,1H3/t18-,32+/m1/s1. The largest absolute Gasteiger partial charge is 0.477 e. The van der Waals surface area contributed by atoms with E-state index in [1.165, 1.54) is 0 Å². The van der Waals surface area contributed by atoms with Gasteiger partial charge in [-0.1, -0.05) is 11.6 Å². The van der Waals surface area contributed by atoms with Gasteiger partial charge in [-0.2, -0.15) is 23.1 Å². The molecule has 3 aromatic rings. The number of likely N-dealkylation sites (N-methyl/N-ethyl adjacent to an activating group) is 1. The number of fused-ring (bicyclic) bond motifs is 1. The highest BCUT2D eigenvalue weighted by molar-refractivity contribution is 6.32. The Morgan fingerprint density at radius 3 is 2.58 bits per heavy atom. The number of anilines is 2. The zero-order chi connectivity index (χ0) is 33.6. The van der Waals surface area contributed by atoms with Crippen LogP contribution in [0, 0.1) is 5.82 Å². The molecule has 3 N–H and O–H groups in total. The van der Waals surface area contributed by atoms with Crippen LogP contribution in [0.25, 0.3) is 22.2 Å². The number of hydrogen-bond acceptors (Lipinski definition) is 9. The fraction of sp³-hybridized carbons (Fsp3) is 0.606. The maximum absolute atomic E-state index is 16.9. The Bertz CT molecular complexity index is 1780. The van der Waals surface area contributed by atoms with Crippen LogP contribution < -0.4 is 25.4 Å². The van der Waals surface area contributed by atoms with E-state index in [0.29, 0.717) is 31.7 Å². The molecule has 0 unspecified atom stereocenters. The van der Waals surface area contributed by atoms with Gasteiger partial charge in [-0.25, -0.2) is 13.8 Å². The summed E-state index contributed by atoms with van der Waals surface area (Å²) in [6.07, 6.45) is 1.33. The van der Waals surface area contributed by atoms with Crippen molar-refractivity contribution in [2.75, 3.05) is 50.5 Å². The predicted molar refractivity (Wildman–Crippen MR) is 171 cm³/mol. The summed E-state index contributed by atoms with van der Waals surface area (Å²) >= 11 is 6.06. The average Bonchev–Trinajstić information content (AvgIpc) is 3.58. The number of nitrogens with two attached hydrogens (primary N) is 1. The third-order valence-corrected chi connectivity index (χ3v) is 11.7. The van der Waals surface area contributed by atoms with E-state index in [2.05, 4.69) is 25.1 Å². The topological polar surface area (TPSA) is 102 Å². The summed E-state index contributed by atoms with van der Waals surface area (Å²) in [5.74, 6) is -0.835. The van der Waals surface area contributed by atoms with E-state index in [1.54, 1.807) is 0 Å². The molecule has 1 aromatic carbocycles. The summed E-state index contributed by atoms with van der Waals surface area (Å²) in [5, 5.41) is 2.97. The third-order valence-electron chi connectivity index (χ3n) is 11.4. The van der Waals surface area contributed by atoms with Gasteiger partial charge in [0, 0.05) is 48.3 Å². The van der Waals surface area contributed by atoms with Crippen molar-refractivity contribution in [2.45, 2.75) is 86.8 Å². The first-order valence-corrected chi connectivity index (χ1v) is 16.9. The summed E-state index contributed by atoms with van der Waals surface area (Å²) < 4.78 is 87.0. The van der Waals surface area contributed by atoms with E-state index >= 15 is 4.39 Å². The first kappa shape index (κ1) is 32.0. The van der Waals surface area contributed by atoms with Crippen molar-refractivity contribution >= 4 is 34.0 Å². The van der Waals surface area contributed by atoms with Crippen molar-refractivity contribution in [3.63, 3.8) is 0 Å². The van der Waals surface area contributed by atoms with E-state index < -0.39 is 45.5 Å². The van der Waals surface area contributed by atoms with Crippen LogP contribution in [-0.4, -0.2) is 82.5 Å². The zero-order valence-corrected chi connectivity index (χ0v) is 27.3. The summed E-state index contributed by atoms with van der Waals surface area (Å²) in [7, 11) is 1.93. The molecule has 15 heteroatoms. The first-order chi connectivity index (χ1) is 22.9. The lowest BCUT2D eigenvalue weighted by Gasteiger charge is -2.48. The lowest BCUT2D eigenvalue weighted by molar-refractivity contribution is -0.137. The predicted octanol–water partition coefficient (Wildman–Crippen LogP) is 6.30. The fourth-order valence-electron chi connectivity index (χ4n) is 8.39. The minimum Gasteiger partial charge on any atom is -0.477 e. The van der Waals surface area contributed by atoms with Gasteiger partial charge in [0.2, 0.25) is 5.88 Å². The fourth-order valence-corrected chi connectivity index (χ4v) is 8.73. The maximum Gasteiger partial charge on any atom is 0.418 e. The number of nitrogen functional groups attached to an aromatic ring is 1. The highest BCUT2D eigenvalue weighted by Gasteiger charge is 2.54. The highest BCUT2D eigenvalue weighted by atomic mass is 35.5. The molecule has 3 aliphatic heterocycles. The van der Waals surface area contributed by atoms with E-state index in [9.17, 15) is 17.6 Å². The molecule has 0 bridgehead atoms. The quantitative estimate of drug-likeness (QED) is 0.218. The molecular weight excluding hydrogens is 657 g/mol. The van der Waals surface area contributed by atoms with Gasteiger partial charge in [0.1, 0.15) is 35.2 Å². The van der Waals surface area contributed by atoms with Crippen molar-refractivity contribution in [3.8, 4) is 23.1 Å². The molecule has 0 radical (unpaired) electrons. The van der Waals surface area contributed by atoms with Crippen LogP contribution in [0.5, 0.6) is 11.9 Å². The van der Waals surface area contributed by atoms with Gasteiger partial charge in [-0.05, 0) is 70.7 Å². The third kappa shape index (κ3) is 5.12. The number of halogens is 6. The molecule has 5 aliphatic rings. The molecule has 8 rings (SSSR count). The van der Waals surface area contributed by atoms with Crippen LogP contribution in [-0.2, 0) is 6.18 Å². The van der Waals surface area contributed by atoms with Gasteiger partial charge in [-0.15, -0.1) is 0 Å². The van der Waals surface area contributed by atoms with Crippen LogP contribution in [0.4, 0.5) is 33.5 Å². The van der Waals surface area contributed by atoms with Crippen molar-refractivity contribution < 1.29 is 31.4 Å². The lowest BCUT2D eigenvalue weighted by atomic mass is 9.76. The van der Waals surface area contributed by atoms with Crippen molar-refractivity contribution in [3.05, 3.63) is 28.5 Å². The van der Waals surface area contributed by atoms with Crippen LogP contribution in [0.15, 0.2) is 12.1 Å². The number of pyridine rings is 1. The minimum absolute atomic E-state index is 0.0844. The molecule has 1 spiro atoms. The number of hydrogen-bond donors (Lipinski definition) is 2. The van der Waals surface area contributed by atoms with Crippen molar-refractivity contribution in [2.24, 2.45) is 0 Å². The maximum atomic E-state index is 16.9. The summed E-state index contributed by atoms with van der Waals surface area (Å²) in [6, 6.07) is 1.83. The summed E-state index contributed by atoms with van der Waals surface area (Å²) in [6.45, 7) is 1.95. The molecule has 0 amide bonds. The van der Waals surface area contributed by atoms with Crippen molar-refractivity contribution in [1.29, 1.82) is 0 Å².